The highest BCUT2D eigenvalue weighted by atomic mass is 19.1. The molecule has 0 spiro atoms. The number of nitrogens with zero attached hydrogens (tertiary/aromatic N) is 1. The molecule has 1 heterocycles. The van der Waals surface area contributed by atoms with Crippen molar-refractivity contribution in [2.75, 3.05) is 13.2 Å². The normalized spacial score (nSPS) is 32.1. The number of hydrogen-bond acceptors (Lipinski definition) is 3. The lowest BCUT2D eigenvalue weighted by atomic mass is 9.71. The Kier molecular flexibility index (Phi) is 5.67. The number of likely N-dealkylation sites (tertiary alicyclic amines) is 1. The molecule has 0 aromatic heterocycles. The summed E-state index contributed by atoms with van der Waals surface area (Å²) in [7, 11) is 0. The molecule has 0 radical (unpaired) electrons. The summed E-state index contributed by atoms with van der Waals surface area (Å²) in [5.74, 6) is 0.291. The van der Waals surface area contributed by atoms with Gasteiger partial charge in [0.2, 0.25) is 0 Å². The van der Waals surface area contributed by atoms with Crippen molar-refractivity contribution in [1.29, 1.82) is 0 Å². The zero-order chi connectivity index (χ0) is 22.5. The molecule has 1 aromatic carbocycles. The molecule has 4 aliphatic rings. The van der Waals surface area contributed by atoms with Crippen LogP contribution in [0.15, 0.2) is 12.1 Å². The Labute approximate surface area is 189 Å². The summed E-state index contributed by atoms with van der Waals surface area (Å²) < 4.78 is 21.5. The third kappa shape index (κ3) is 4.01. The van der Waals surface area contributed by atoms with E-state index in [1.807, 2.05) is 0 Å². The fourth-order valence-electron chi connectivity index (χ4n) is 6.72. The van der Waals surface area contributed by atoms with Crippen LogP contribution in [0.1, 0.15) is 93.0 Å². The maximum absolute atomic E-state index is 15.2. The lowest BCUT2D eigenvalue weighted by Gasteiger charge is -2.38. The average Bonchev–Trinajstić information content (AvgIpc) is 3.33. The van der Waals surface area contributed by atoms with E-state index in [9.17, 15) is 14.7 Å². The molecule has 1 saturated heterocycles. The van der Waals surface area contributed by atoms with Gasteiger partial charge in [0.1, 0.15) is 17.6 Å². The Morgan fingerprint density at radius 2 is 1.84 bits per heavy atom. The number of carboxylic acids is 1. The number of fused-ring (bicyclic) bond motifs is 2. The van der Waals surface area contributed by atoms with Crippen LogP contribution in [-0.2, 0) is 4.79 Å². The van der Waals surface area contributed by atoms with Gasteiger partial charge in [-0.05, 0) is 74.3 Å². The van der Waals surface area contributed by atoms with Crippen LogP contribution in [0.4, 0.5) is 4.39 Å². The van der Waals surface area contributed by atoms with E-state index >= 15 is 4.39 Å². The summed E-state index contributed by atoms with van der Waals surface area (Å²) in [4.78, 5) is 25.9. The van der Waals surface area contributed by atoms with Gasteiger partial charge in [0.15, 0.2) is 0 Å². The standard InChI is InChI=1S/C26H34FNO4/c1-26(13-16-7-8-17(10-16)14-26)15-32-23-12-21(27)20(11-19(23)18-4-2-5-18)24(29)28-9-3-6-22(28)25(30)31/h11-12,16-18,22H,2-10,13-15H2,1H3,(H,30,31)/t16?,17?,22-,26?/m0/s1. The number of carboxylic acid groups (broad SMARTS) is 1. The van der Waals surface area contributed by atoms with E-state index in [0.29, 0.717) is 31.7 Å². The minimum atomic E-state index is -1.02. The molecular weight excluding hydrogens is 409 g/mol. The summed E-state index contributed by atoms with van der Waals surface area (Å²) in [6, 6.07) is 2.17. The largest absolute Gasteiger partial charge is 0.493 e. The van der Waals surface area contributed by atoms with E-state index in [-0.39, 0.29) is 16.9 Å². The number of amides is 1. The van der Waals surface area contributed by atoms with E-state index in [2.05, 4.69) is 6.92 Å². The molecule has 1 amide bonds. The average molecular weight is 444 g/mol. The van der Waals surface area contributed by atoms with Gasteiger partial charge < -0.3 is 14.7 Å². The van der Waals surface area contributed by atoms with E-state index in [4.69, 9.17) is 4.74 Å². The van der Waals surface area contributed by atoms with Gasteiger partial charge in [-0.15, -0.1) is 0 Å². The minimum Gasteiger partial charge on any atom is -0.493 e. The van der Waals surface area contributed by atoms with Crippen molar-refractivity contribution in [1.82, 2.24) is 4.90 Å². The van der Waals surface area contributed by atoms with E-state index in [1.54, 1.807) is 6.07 Å². The van der Waals surface area contributed by atoms with Crippen LogP contribution in [-0.4, -0.2) is 41.1 Å². The fraction of sp³-hybridized carbons (Fsp3) is 0.692. The van der Waals surface area contributed by atoms with Gasteiger partial charge in [-0.25, -0.2) is 9.18 Å². The third-order valence-electron chi connectivity index (χ3n) is 8.46. The summed E-state index contributed by atoms with van der Waals surface area (Å²) in [6.07, 6.45) is 10.5. The number of hydrogen-bond donors (Lipinski definition) is 1. The molecule has 5 nitrogen and oxygen atoms in total. The highest BCUT2D eigenvalue weighted by molar-refractivity contribution is 5.97. The molecule has 3 aliphatic carbocycles. The SMILES string of the molecule is CC1(COc2cc(F)c(C(=O)N3CCC[C@H]3C(=O)O)cc2C2CCC2)CC2CCC(C2)C1. The second-order valence-electron chi connectivity index (χ2n) is 11.0. The quantitative estimate of drug-likeness (QED) is 0.641. The molecule has 2 bridgehead atoms. The molecule has 5 rings (SSSR count). The topological polar surface area (TPSA) is 66.8 Å². The fourth-order valence-corrected chi connectivity index (χ4v) is 6.72. The molecule has 32 heavy (non-hydrogen) atoms. The van der Waals surface area contributed by atoms with E-state index in [0.717, 1.165) is 36.7 Å². The van der Waals surface area contributed by atoms with Crippen LogP contribution >= 0.6 is 0 Å². The van der Waals surface area contributed by atoms with Crippen LogP contribution in [0.3, 0.4) is 0 Å². The molecule has 2 unspecified atom stereocenters. The molecule has 6 heteroatoms. The molecular formula is C26H34FNO4. The lowest BCUT2D eigenvalue weighted by molar-refractivity contribution is -0.141. The van der Waals surface area contributed by atoms with Crippen LogP contribution in [0.25, 0.3) is 0 Å². The number of aliphatic carboxylic acids is 1. The maximum atomic E-state index is 15.2. The molecule has 1 aromatic rings. The van der Waals surface area contributed by atoms with Gasteiger partial charge in [0, 0.05) is 18.0 Å². The molecule has 174 valence electrons. The smallest absolute Gasteiger partial charge is 0.326 e. The van der Waals surface area contributed by atoms with Gasteiger partial charge in [-0.3, -0.25) is 4.79 Å². The predicted octanol–water partition coefficient (Wildman–Crippen LogP) is 5.38. The number of benzene rings is 1. The van der Waals surface area contributed by atoms with Crippen molar-refractivity contribution in [3.05, 3.63) is 29.1 Å². The van der Waals surface area contributed by atoms with Gasteiger partial charge in [-0.2, -0.15) is 0 Å². The zero-order valence-corrected chi connectivity index (χ0v) is 18.9. The Morgan fingerprint density at radius 1 is 1.12 bits per heavy atom. The van der Waals surface area contributed by atoms with Crippen molar-refractivity contribution < 1.29 is 23.8 Å². The van der Waals surface area contributed by atoms with Crippen LogP contribution in [0.2, 0.25) is 0 Å². The number of halogens is 1. The summed E-state index contributed by atoms with van der Waals surface area (Å²) in [5, 5.41) is 9.43. The molecule has 1 aliphatic heterocycles. The van der Waals surface area contributed by atoms with Gasteiger partial charge in [0.25, 0.3) is 5.91 Å². The summed E-state index contributed by atoms with van der Waals surface area (Å²) >= 11 is 0. The number of rotatable bonds is 6. The van der Waals surface area contributed by atoms with Crippen LogP contribution in [0, 0.1) is 23.1 Å². The second-order valence-corrected chi connectivity index (χ2v) is 11.0. The molecule has 3 saturated carbocycles. The third-order valence-corrected chi connectivity index (χ3v) is 8.46. The first kappa shape index (κ1) is 21.7. The van der Waals surface area contributed by atoms with E-state index in [1.165, 1.54) is 43.1 Å². The monoisotopic (exact) mass is 443 g/mol. The van der Waals surface area contributed by atoms with Gasteiger partial charge in [0.05, 0.1) is 12.2 Å². The Balaban J connectivity index is 1.38. The zero-order valence-electron chi connectivity index (χ0n) is 18.9. The van der Waals surface area contributed by atoms with Crippen LogP contribution in [0.5, 0.6) is 5.75 Å². The molecule has 4 fully saturated rings. The first-order chi connectivity index (χ1) is 15.3. The first-order valence-corrected chi connectivity index (χ1v) is 12.3. The van der Waals surface area contributed by atoms with Crippen LogP contribution < -0.4 is 4.74 Å². The Bertz CT molecular complexity index is 899. The van der Waals surface area contributed by atoms with Crippen molar-refractivity contribution in [2.45, 2.75) is 83.1 Å². The summed E-state index contributed by atoms with van der Waals surface area (Å²) in [5.41, 5.74) is 1.01. The van der Waals surface area contributed by atoms with Crippen molar-refractivity contribution in [3.63, 3.8) is 0 Å². The Morgan fingerprint density at radius 3 is 2.47 bits per heavy atom. The summed E-state index contributed by atoms with van der Waals surface area (Å²) in [6.45, 7) is 3.24. The number of ether oxygens (including phenoxy) is 1. The van der Waals surface area contributed by atoms with Crippen molar-refractivity contribution in [2.24, 2.45) is 17.3 Å². The Hall–Kier alpha value is -2.11. The number of carbonyl (C=O) groups excluding carboxylic acids is 1. The van der Waals surface area contributed by atoms with E-state index < -0.39 is 23.7 Å². The highest BCUT2D eigenvalue weighted by Crippen LogP contribution is 2.51. The number of carbonyl (C=O) groups is 2. The minimum absolute atomic E-state index is 0.0191. The van der Waals surface area contributed by atoms with Gasteiger partial charge >= 0.3 is 5.97 Å². The predicted molar refractivity (Wildman–Crippen MR) is 118 cm³/mol. The first-order valence-electron chi connectivity index (χ1n) is 12.3. The van der Waals surface area contributed by atoms with Crippen molar-refractivity contribution >= 4 is 11.9 Å². The second kappa shape index (κ2) is 8.35. The maximum Gasteiger partial charge on any atom is 0.326 e. The lowest BCUT2D eigenvalue weighted by Crippen LogP contribution is -2.40. The molecule has 1 N–H and O–H groups in total. The van der Waals surface area contributed by atoms with Crippen molar-refractivity contribution in [3.8, 4) is 5.75 Å². The van der Waals surface area contributed by atoms with Gasteiger partial charge in [-0.1, -0.05) is 26.2 Å². The molecule has 3 atom stereocenters. The highest BCUT2D eigenvalue weighted by Gasteiger charge is 2.42.